The monoisotopic (exact) mass is 412 g/mol. The quantitative estimate of drug-likeness (QED) is 0.391. The fourth-order valence-electron chi connectivity index (χ4n) is 2.70. The molecule has 0 aliphatic carbocycles. The molecule has 0 aliphatic heterocycles. The zero-order chi connectivity index (χ0) is 21.9. The molecule has 1 atom stereocenters. The normalized spacial score (nSPS) is 12.2. The predicted molar refractivity (Wildman–Crippen MR) is 117 cm³/mol. The van der Waals surface area contributed by atoms with E-state index in [1.807, 2.05) is 26.0 Å². The number of rotatable bonds is 11. The Balaban J connectivity index is 2.06. The van der Waals surface area contributed by atoms with Gasteiger partial charge in [0.1, 0.15) is 0 Å². The molecule has 160 valence electrons. The number of carbonyl (C=O) groups excluding carboxylic acids is 1. The van der Waals surface area contributed by atoms with E-state index in [0.29, 0.717) is 29.6 Å². The van der Waals surface area contributed by atoms with Gasteiger partial charge in [-0.1, -0.05) is 24.3 Å². The third kappa shape index (κ3) is 6.67. The molecule has 0 amide bonds. The second kappa shape index (κ2) is 11.7. The van der Waals surface area contributed by atoms with Gasteiger partial charge in [-0.3, -0.25) is 4.79 Å². The largest absolute Gasteiger partial charge is 0.493 e. The van der Waals surface area contributed by atoms with Gasteiger partial charge in [-0.2, -0.15) is 0 Å². The Bertz CT molecular complexity index is 901. The van der Waals surface area contributed by atoms with Crippen LogP contribution in [0.3, 0.4) is 0 Å². The maximum absolute atomic E-state index is 12.2. The molecule has 0 saturated carbocycles. The van der Waals surface area contributed by atoms with E-state index in [2.05, 4.69) is 0 Å². The molecular formula is C24H28O6. The van der Waals surface area contributed by atoms with E-state index in [4.69, 9.17) is 23.7 Å². The number of allylic oxidation sites excluding steroid dienone is 2. The first kappa shape index (κ1) is 23.0. The van der Waals surface area contributed by atoms with Gasteiger partial charge >= 0.3 is 0 Å². The van der Waals surface area contributed by atoms with Crippen molar-refractivity contribution in [2.24, 2.45) is 0 Å². The lowest BCUT2D eigenvalue weighted by atomic mass is 10.1. The summed E-state index contributed by atoms with van der Waals surface area (Å²) >= 11 is 0. The molecule has 6 nitrogen and oxygen atoms in total. The Labute approximate surface area is 177 Å². The minimum atomic E-state index is -0.381. The molecule has 2 aromatic carbocycles. The summed E-state index contributed by atoms with van der Waals surface area (Å²) in [5.41, 5.74) is 1.65. The Hall–Kier alpha value is -3.25. The Morgan fingerprint density at radius 2 is 1.33 bits per heavy atom. The lowest BCUT2D eigenvalue weighted by Gasteiger charge is -2.16. The molecule has 6 heteroatoms. The smallest absolute Gasteiger partial charge is 0.197 e. The number of carbonyl (C=O) groups is 1. The minimum Gasteiger partial charge on any atom is -0.493 e. The van der Waals surface area contributed by atoms with Crippen molar-refractivity contribution in [1.29, 1.82) is 0 Å². The molecule has 0 spiro atoms. The van der Waals surface area contributed by atoms with Crippen LogP contribution in [0.4, 0.5) is 0 Å². The molecule has 2 rings (SSSR count). The second-order valence-electron chi connectivity index (χ2n) is 6.23. The summed E-state index contributed by atoms with van der Waals surface area (Å²) in [6.07, 6.45) is 6.06. The van der Waals surface area contributed by atoms with Gasteiger partial charge in [0.05, 0.1) is 21.3 Å². The third-order valence-electron chi connectivity index (χ3n) is 4.17. The van der Waals surface area contributed by atoms with Crippen LogP contribution in [0.25, 0.3) is 12.2 Å². The number of ketones is 1. The van der Waals surface area contributed by atoms with Crippen LogP contribution in [0.15, 0.2) is 48.6 Å². The minimum absolute atomic E-state index is 0.144. The van der Waals surface area contributed by atoms with Crippen LogP contribution in [0.1, 0.15) is 25.0 Å². The van der Waals surface area contributed by atoms with Crippen LogP contribution in [0, 0.1) is 0 Å². The van der Waals surface area contributed by atoms with E-state index in [0.717, 1.165) is 11.1 Å². The van der Waals surface area contributed by atoms with E-state index in [1.165, 1.54) is 12.2 Å². The van der Waals surface area contributed by atoms with Crippen LogP contribution < -0.4 is 18.9 Å². The van der Waals surface area contributed by atoms with Crippen LogP contribution >= 0.6 is 0 Å². The first-order chi connectivity index (χ1) is 14.5. The molecule has 0 bridgehead atoms. The summed E-state index contributed by atoms with van der Waals surface area (Å²) < 4.78 is 27.0. The van der Waals surface area contributed by atoms with Crippen molar-refractivity contribution < 1.29 is 28.5 Å². The average Bonchev–Trinajstić information content (AvgIpc) is 2.76. The lowest BCUT2D eigenvalue weighted by Crippen LogP contribution is -2.16. The summed E-state index contributed by atoms with van der Waals surface area (Å²) in [7, 11) is 4.72. The highest BCUT2D eigenvalue weighted by Gasteiger charge is 2.09. The maximum Gasteiger partial charge on any atom is 0.197 e. The average molecular weight is 412 g/mol. The molecule has 0 aromatic heterocycles. The number of benzene rings is 2. The van der Waals surface area contributed by atoms with Crippen molar-refractivity contribution in [2.45, 2.75) is 20.1 Å². The summed E-state index contributed by atoms with van der Waals surface area (Å²) in [6, 6.07) is 10.9. The second-order valence-corrected chi connectivity index (χ2v) is 6.23. The standard InChI is InChI=1S/C24H28O6/c1-6-29-17(2)30-22-14-10-19(16-24(22)28-5)8-12-20(25)11-7-18-9-13-21(26-3)23(15-18)27-4/h7-17H,6H2,1-5H3/b11-7+,12-8+. The van der Waals surface area contributed by atoms with Gasteiger partial charge in [-0.25, -0.2) is 0 Å². The SMILES string of the molecule is CCOC(C)Oc1ccc(/C=C/C(=O)/C=C/c2ccc(OC)c(OC)c2)cc1OC. The summed E-state index contributed by atoms with van der Waals surface area (Å²) in [4.78, 5) is 12.2. The summed E-state index contributed by atoms with van der Waals surface area (Å²) in [6.45, 7) is 4.28. The Morgan fingerprint density at radius 3 is 1.83 bits per heavy atom. The van der Waals surface area contributed by atoms with Crippen molar-refractivity contribution in [3.8, 4) is 23.0 Å². The maximum atomic E-state index is 12.2. The number of ether oxygens (including phenoxy) is 5. The van der Waals surface area contributed by atoms with Gasteiger partial charge in [-0.05, 0) is 61.4 Å². The molecule has 0 radical (unpaired) electrons. The molecular weight excluding hydrogens is 384 g/mol. The van der Waals surface area contributed by atoms with Gasteiger partial charge in [0.25, 0.3) is 0 Å². The molecule has 0 heterocycles. The molecule has 0 fully saturated rings. The first-order valence-electron chi connectivity index (χ1n) is 9.59. The van der Waals surface area contributed by atoms with E-state index < -0.39 is 0 Å². The van der Waals surface area contributed by atoms with Gasteiger partial charge in [0.15, 0.2) is 35.1 Å². The number of hydrogen-bond donors (Lipinski definition) is 0. The third-order valence-corrected chi connectivity index (χ3v) is 4.17. The van der Waals surface area contributed by atoms with Crippen LogP contribution in [0.2, 0.25) is 0 Å². The summed E-state index contributed by atoms with van der Waals surface area (Å²) in [5, 5.41) is 0. The van der Waals surface area contributed by atoms with E-state index in [9.17, 15) is 4.79 Å². The lowest BCUT2D eigenvalue weighted by molar-refractivity contribution is -0.110. The van der Waals surface area contributed by atoms with Gasteiger partial charge in [0, 0.05) is 6.61 Å². The zero-order valence-electron chi connectivity index (χ0n) is 18.0. The van der Waals surface area contributed by atoms with Crippen molar-refractivity contribution in [3.63, 3.8) is 0 Å². The Morgan fingerprint density at radius 1 is 0.833 bits per heavy atom. The van der Waals surface area contributed by atoms with E-state index >= 15 is 0 Å². The fourth-order valence-corrected chi connectivity index (χ4v) is 2.70. The molecule has 30 heavy (non-hydrogen) atoms. The predicted octanol–water partition coefficient (Wildman–Crippen LogP) is 4.77. The van der Waals surface area contributed by atoms with Crippen molar-refractivity contribution in [2.75, 3.05) is 27.9 Å². The highest BCUT2D eigenvalue weighted by atomic mass is 16.7. The molecule has 2 aromatic rings. The number of methoxy groups -OCH3 is 3. The highest BCUT2D eigenvalue weighted by molar-refractivity contribution is 6.04. The Kier molecular flexibility index (Phi) is 8.97. The van der Waals surface area contributed by atoms with Gasteiger partial charge in [0.2, 0.25) is 0 Å². The van der Waals surface area contributed by atoms with Crippen molar-refractivity contribution in [1.82, 2.24) is 0 Å². The summed E-state index contributed by atoms with van der Waals surface area (Å²) in [5.74, 6) is 2.25. The van der Waals surface area contributed by atoms with Crippen LogP contribution in [-0.4, -0.2) is 40.0 Å². The van der Waals surface area contributed by atoms with Gasteiger partial charge < -0.3 is 23.7 Å². The van der Waals surface area contributed by atoms with Crippen LogP contribution in [-0.2, 0) is 9.53 Å². The molecule has 0 saturated heterocycles. The van der Waals surface area contributed by atoms with Crippen molar-refractivity contribution in [3.05, 3.63) is 59.7 Å². The zero-order valence-corrected chi connectivity index (χ0v) is 18.0. The van der Waals surface area contributed by atoms with Gasteiger partial charge in [-0.15, -0.1) is 0 Å². The first-order valence-corrected chi connectivity index (χ1v) is 9.59. The van der Waals surface area contributed by atoms with E-state index in [1.54, 1.807) is 57.7 Å². The van der Waals surface area contributed by atoms with E-state index in [-0.39, 0.29) is 12.1 Å². The molecule has 1 unspecified atom stereocenters. The van der Waals surface area contributed by atoms with Crippen LogP contribution in [0.5, 0.6) is 23.0 Å². The molecule has 0 aliphatic rings. The van der Waals surface area contributed by atoms with Crippen molar-refractivity contribution >= 4 is 17.9 Å². The molecule has 0 N–H and O–H groups in total. The highest BCUT2D eigenvalue weighted by Crippen LogP contribution is 2.30. The topological polar surface area (TPSA) is 63.2 Å². The number of hydrogen-bond acceptors (Lipinski definition) is 6. The fraction of sp³-hybridized carbons (Fsp3) is 0.292.